The average Bonchev–Trinajstić information content (AvgIpc) is 2.40. The molecule has 19 heavy (non-hydrogen) atoms. The van der Waals surface area contributed by atoms with E-state index in [-0.39, 0.29) is 10.7 Å². The maximum Gasteiger partial charge on any atom is 0.335 e. The van der Waals surface area contributed by atoms with Gasteiger partial charge in [0.25, 0.3) is 0 Å². The summed E-state index contributed by atoms with van der Waals surface area (Å²) in [6, 6.07) is 7.29. The highest BCUT2D eigenvalue weighted by atomic mass is 32.2. The molecule has 1 rings (SSSR count). The third-order valence-corrected chi connectivity index (χ3v) is 4.87. The Morgan fingerprint density at radius 3 is 2.42 bits per heavy atom. The minimum absolute atomic E-state index is 0.114. The molecule has 0 amide bonds. The van der Waals surface area contributed by atoms with E-state index >= 15 is 0 Å². The Morgan fingerprint density at radius 2 is 1.95 bits per heavy atom. The number of carboxylic acids is 1. The van der Waals surface area contributed by atoms with E-state index in [1.165, 1.54) is 0 Å². The molecule has 0 aliphatic rings. The lowest BCUT2D eigenvalue weighted by atomic mass is 10.2. The molecule has 0 bridgehead atoms. The summed E-state index contributed by atoms with van der Waals surface area (Å²) < 4.78 is 2.43. The smallest absolute Gasteiger partial charge is 0.335 e. The zero-order valence-electron chi connectivity index (χ0n) is 11.9. The van der Waals surface area contributed by atoms with Crippen LogP contribution in [0, 0.1) is 0 Å². The SMILES string of the molecule is C/C=S(/c1cccc(C(=O)O)c1)N(CCC)CCC. The van der Waals surface area contributed by atoms with Gasteiger partial charge in [0.1, 0.15) is 0 Å². The van der Waals surface area contributed by atoms with Crippen LogP contribution in [0.1, 0.15) is 44.0 Å². The van der Waals surface area contributed by atoms with Crippen LogP contribution in [0.2, 0.25) is 0 Å². The number of nitrogens with zero attached hydrogens (tertiary/aromatic N) is 1. The first-order chi connectivity index (χ1) is 9.13. The van der Waals surface area contributed by atoms with E-state index in [1.807, 2.05) is 12.1 Å². The van der Waals surface area contributed by atoms with Crippen molar-refractivity contribution < 1.29 is 9.90 Å². The summed E-state index contributed by atoms with van der Waals surface area (Å²) in [5, 5.41) is 11.3. The second-order valence-electron chi connectivity index (χ2n) is 4.31. The number of aromatic carboxylic acids is 1. The number of benzene rings is 1. The van der Waals surface area contributed by atoms with Gasteiger partial charge in [0.05, 0.1) is 5.56 Å². The molecule has 0 fully saturated rings. The Bertz CT molecular complexity index is 451. The van der Waals surface area contributed by atoms with Gasteiger partial charge in [-0.15, -0.1) is 0 Å². The second-order valence-corrected chi connectivity index (χ2v) is 6.40. The lowest BCUT2D eigenvalue weighted by molar-refractivity contribution is 0.0696. The van der Waals surface area contributed by atoms with Gasteiger partial charge in [0, 0.05) is 18.0 Å². The van der Waals surface area contributed by atoms with Crippen LogP contribution in [-0.4, -0.2) is 33.8 Å². The molecule has 1 aromatic rings. The topological polar surface area (TPSA) is 40.5 Å². The maximum atomic E-state index is 11.1. The van der Waals surface area contributed by atoms with Crippen LogP contribution in [-0.2, 0) is 0 Å². The van der Waals surface area contributed by atoms with Crippen molar-refractivity contribution in [3.8, 4) is 0 Å². The fraction of sp³-hybridized carbons (Fsp3) is 0.467. The minimum atomic E-state index is -0.862. The van der Waals surface area contributed by atoms with Gasteiger partial charge in [-0.1, -0.05) is 30.6 Å². The van der Waals surface area contributed by atoms with Crippen molar-refractivity contribution in [2.45, 2.75) is 38.5 Å². The molecular formula is C15H23NO2S. The number of carbonyl (C=O) groups is 1. The van der Waals surface area contributed by atoms with Crippen LogP contribution in [0.5, 0.6) is 0 Å². The molecule has 4 heteroatoms. The van der Waals surface area contributed by atoms with Crippen molar-refractivity contribution in [2.24, 2.45) is 0 Å². The molecule has 1 N–H and O–H groups in total. The Balaban J connectivity index is 3.08. The van der Waals surface area contributed by atoms with Crippen LogP contribution in [0.15, 0.2) is 29.2 Å². The van der Waals surface area contributed by atoms with E-state index in [9.17, 15) is 4.79 Å². The Hall–Kier alpha value is -1.13. The number of carboxylic acid groups (broad SMARTS) is 1. The van der Waals surface area contributed by atoms with Crippen LogP contribution in [0.4, 0.5) is 0 Å². The van der Waals surface area contributed by atoms with Gasteiger partial charge >= 0.3 is 5.97 Å². The summed E-state index contributed by atoms with van der Waals surface area (Å²) >= 11 is 0. The number of hydrogen-bond donors (Lipinski definition) is 1. The Kier molecular flexibility index (Phi) is 6.81. The Labute approximate surface area is 118 Å². The molecular weight excluding hydrogens is 258 g/mol. The first kappa shape index (κ1) is 15.9. The van der Waals surface area contributed by atoms with Crippen molar-refractivity contribution in [1.82, 2.24) is 4.31 Å². The van der Waals surface area contributed by atoms with Crippen molar-refractivity contribution >= 4 is 22.0 Å². The predicted molar refractivity (Wildman–Crippen MR) is 83.2 cm³/mol. The molecule has 1 aromatic carbocycles. The number of rotatable bonds is 7. The van der Waals surface area contributed by atoms with E-state index in [4.69, 9.17) is 5.11 Å². The summed E-state index contributed by atoms with van der Waals surface area (Å²) in [6.45, 7) is 8.48. The fourth-order valence-electron chi connectivity index (χ4n) is 2.00. The van der Waals surface area contributed by atoms with E-state index < -0.39 is 5.97 Å². The zero-order chi connectivity index (χ0) is 14.3. The van der Waals surface area contributed by atoms with Crippen molar-refractivity contribution in [3.63, 3.8) is 0 Å². The predicted octanol–water partition coefficient (Wildman–Crippen LogP) is 3.87. The van der Waals surface area contributed by atoms with Crippen LogP contribution < -0.4 is 0 Å². The summed E-state index contributed by atoms with van der Waals surface area (Å²) in [4.78, 5) is 12.2. The maximum absolute atomic E-state index is 11.1. The first-order valence-electron chi connectivity index (χ1n) is 6.75. The molecule has 0 spiro atoms. The largest absolute Gasteiger partial charge is 0.478 e. The van der Waals surface area contributed by atoms with E-state index in [0.29, 0.717) is 5.56 Å². The molecule has 1 unspecified atom stereocenters. The molecule has 0 saturated carbocycles. The quantitative estimate of drug-likeness (QED) is 0.771. The molecule has 0 aromatic heterocycles. The van der Waals surface area contributed by atoms with E-state index in [1.54, 1.807) is 12.1 Å². The highest BCUT2D eigenvalue weighted by molar-refractivity contribution is 8.13. The van der Waals surface area contributed by atoms with Crippen LogP contribution >= 0.6 is 10.7 Å². The fourth-order valence-corrected chi connectivity index (χ4v) is 4.09. The summed E-state index contributed by atoms with van der Waals surface area (Å²) in [7, 11) is -0.114. The lowest BCUT2D eigenvalue weighted by Crippen LogP contribution is -2.20. The molecule has 0 heterocycles. The van der Waals surface area contributed by atoms with Gasteiger partial charge in [-0.05, 0) is 43.3 Å². The molecule has 106 valence electrons. The van der Waals surface area contributed by atoms with Crippen LogP contribution in [0.3, 0.4) is 0 Å². The molecule has 0 saturated heterocycles. The molecule has 0 aliphatic heterocycles. The van der Waals surface area contributed by atoms with Crippen molar-refractivity contribution in [2.75, 3.05) is 13.1 Å². The molecule has 0 radical (unpaired) electrons. The van der Waals surface area contributed by atoms with Gasteiger partial charge in [-0.25, -0.2) is 4.79 Å². The second kappa shape index (κ2) is 8.12. The molecule has 3 nitrogen and oxygen atoms in total. The number of hydrogen-bond acceptors (Lipinski definition) is 2. The van der Waals surface area contributed by atoms with Gasteiger partial charge in [0.2, 0.25) is 0 Å². The zero-order valence-corrected chi connectivity index (χ0v) is 12.7. The molecule has 1 atom stereocenters. The lowest BCUT2D eigenvalue weighted by Gasteiger charge is -2.25. The summed E-state index contributed by atoms with van der Waals surface area (Å²) in [5.74, 6) is -0.862. The Morgan fingerprint density at radius 1 is 1.32 bits per heavy atom. The minimum Gasteiger partial charge on any atom is -0.478 e. The summed E-state index contributed by atoms with van der Waals surface area (Å²) in [6.07, 6.45) is 2.21. The van der Waals surface area contributed by atoms with E-state index in [0.717, 1.165) is 30.8 Å². The van der Waals surface area contributed by atoms with E-state index in [2.05, 4.69) is 30.4 Å². The highest BCUT2D eigenvalue weighted by Crippen LogP contribution is 2.31. The average molecular weight is 281 g/mol. The third kappa shape index (κ3) is 4.48. The van der Waals surface area contributed by atoms with Gasteiger partial charge in [-0.3, -0.25) is 4.31 Å². The van der Waals surface area contributed by atoms with Gasteiger partial charge < -0.3 is 5.11 Å². The molecule has 0 aliphatic carbocycles. The normalized spacial score (nSPS) is 12.8. The van der Waals surface area contributed by atoms with Crippen molar-refractivity contribution in [3.05, 3.63) is 29.8 Å². The van der Waals surface area contributed by atoms with Gasteiger partial charge in [0.15, 0.2) is 0 Å². The van der Waals surface area contributed by atoms with Gasteiger partial charge in [-0.2, -0.15) is 0 Å². The van der Waals surface area contributed by atoms with Crippen molar-refractivity contribution in [1.29, 1.82) is 0 Å². The standard InChI is InChI=1S/C15H23NO2S/c1-4-10-16(11-5-2)19(6-3)14-9-7-8-13(12-14)15(17)18/h6-9,12H,4-5,10-11H2,1-3H3,(H,17,18). The summed E-state index contributed by atoms with van der Waals surface area (Å²) in [5.41, 5.74) is 0.366. The van der Waals surface area contributed by atoms with Crippen LogP contribution in [0.25, 0.3) is 0 Å². The third-order valence-electron chi connectivity index (χ3n) is 2.77. The first-order valence-corrected chi connectivity index (χ1v) is 7.99. The monoisotopic (exact) mass is 281 g/mol. The highest BCUT2D eigenvalue weighted by Gasteiger charge is 2.11.